The normalized spacial score (nSPS) is 16.1. The number of nitrogens with two attached hydrogens (primary N) is 1. The average molecular weight is 330 g/mol. The van der Waals surface area contributed by atoms with Crippen LogP contribution in [0.3, 0.4) is 0 Å². The van der Waals surface area contributed by atoms with Gasteiger partial charge in [-0.2, -0.15) is 0 Å². The highest BCUT2D eigenvalue weighted by atomic mass is 79.9. The highest BCUT2D eigenvalue weighted by Gasteiger charge is 2.23. The first kappa shape index (κ1) is 16.6. The molecule has 0 aliphatic carbocycles. The Bertz CT molecular complexity index is 373. The zero-order chi connectivity index (χ0) is 14.3. The molecular weight excluding hydrogens is 306 g/mol. The van der Waals surface area contributed by atoms with E-state index in [1.54, 1.807) is 0 Å². The molecule has 3 atom stereocenters. The molecule has 1 aromatic rings. The van der Waals surface area contributed by atoms with Gasteiger partial charge in [-0.3, -0.25) is 0 Å². The van der Waals surface area contributed by atoms with E-state index in [0.717, 1.165) is 16.5 Å². The molecule has 3 unspecified atom stereocenters. The minimum atomic E-state index is -0.115. The summed E-state index contributed by atoms with van der Waals surface area (Å²) >= 11 is 3.57. The zero-order valence-electron chi connectivity index (χ0n) is 11.9. The Hall–Kier alpha value is -0.420. The molecule has 0 saturated carbocycles. The summed E-state index contributed by atoms with van der Waals surface area (Å²) in [5.74, 6) is 0. The highest BCUT2D eigenvalue weighted by molar-refractivity contribution is 9.10. The van der Waals surface area contributed by atoms with Crippen LogP contribution in [-0.2, 0) is 9.47 Å². The molecule has 0 spiro atoms. The van der Waals surface area contributed by atoms with Crippen molar-refractivity contribution in [3.63, 3.8) is 0 Å². The van der Waals surface area contributed by atoms with E-state index in [4.69, 9.17) is 15.2 Å². The lowest BCUT2D eigenvalue weighted by Gasteiger charge is -2.28. The maximum Gasteiger partial charge on any atom is 0.0991 e. The number of rotatable bonds is 8. The lowest BCUT2D eigenvalue weighted by atomic mass is 10.0. The number of halogens is 1. The summed E-state index contributed by atoms with van der Waals surface area (Å²) in [4.78, 5) is 0. The average Bonchev–Trinajstić information content (AvgIpc) is 2.42. The van der Waals surface area contributed by atoms with Gasteiger partial charge in [0, 0.05) is 17.1 Å². The number of hydrogen-bond donors (Lipinski definition) is 1. The van der Waals surface area contributed by atoms with Crippen molar-refractivity contribution in [2.45, 2.75) is 45.4 Å². The Kier molecular flexibility index (Phi) is 7.61. The third-order valence-electron chi connectivity index (χ3n) is 3.01. The fraction of sp³-hybridized carbons (Fsp3) is 0.600. The predicted molar refractivity (Wildman–Crippen MR) is 82.2 cm³/mol. The Labute approximate surface area is 124 Å². The van der Waals surface area contributed by atoms with Gasteiger partial charge in [0.25, 0.3) is 0 Å². The van der Waals surface area contributed by atoms with Crippen molar-refractivity contribution in [1.82, 2.24) is 0 Å². The van der Waals surface area contributed by atoms with Crippen molar-refractivity contribution in [2.24, 2.45) is 5.73 Å². The first-order valence-corrected chi connectivity index (χ1v) is 7.62. The van der Waals surface area contributed by atoms with Crippen molar-refractivity contribution in [3.05, 3.63) is 34.3 Å². The SMILES string of the molecule is CCOCC(C)OC(c1ccccc1Br)C(N)CC. The number of ether oxygens (including phenoxy) is 2. The van der Waals surface area contributed by atoms with Crippen molar-refractivity contribution in [3.8, 4) is 0 Å². The molecule has 0 bridgehead atoms. The van der Waals surface area contributed by atoms with Gasteiger partial charge in [0.1, 0.15) is 0 Å². The maximum atomic E-state index is 6.21. The summed E-state index contributed by atoms with van der Waals surface area (Å²) in [6.45, 7) is 7.36. The topological polar surface area (TPSA) is 44.5 Å². The molecule has 1 rings (SSSR count). The van der Waals surface area contributed by atoms with Crippen molar-refractivity contribution >= 4 is 15.9 Å². The molecule has 4 heteroatoms. The van der Waals surface area contributed by atoms with Gasteiger partial charge in [-0.05, 0) is 31.9 Å². The summed E-state index contributed by atoms with van der Waals surface area (Å²) in [6, 6.07) is 8.04. The first-order chi connectivity index (χ1) is 9.10. The molecular formula is C15H24BrNO2. The van der Waals surface area contributed by atoms with E-state index in [0.29, 0.717) is 13.2 Å². The molecule has 0 heterocycles. The van der Waals surface area contributed by atoms with Crippen LogP contribution in [0.15, 0.2) is 28.7 Å². The fourth-order valence-corrected chi connectivity index (χ4v) is 2.41. The lowest BCUT2D eigenvalue weighted by Crippen LogP contribution is -2.33. The van der Waals surface area contributed by atoms with Crippen LogP contribution in [0.5, 0.6) is 0 Å². The summed E-state index contributed by atoms with van der Waals surface area (Å²) in [5.41, 5.74) is 7.31. The van der Waals surface area contributed by atoms with Crippen LogP contribution in [0.2, 0.25) is 0 Å². The number of benzene rings is 1. The summed E-state index contributed by atoms with van der Waals surface area (Å²) in [6.07, 6.45) is 0.776. The van der Waals surface area contributed by atoms with Crippen LogP contribution in [0, 0.1) is 0 Å². The molecule has 0 aliphatic heterocycles. The molecule has 0 aromatic heterocycles. The summed E-state index contributed by atoms with van der Waals surface area (Å²) in [7, 11) is 0. The van der Waals surface area contributed by atoms with Crippen molar-refractivity contribution in [1.29, 1.82) is 0 Å². The van der Waals surface area contributed by atoms with Gasteiger partial charge in [-0.1, -0.05) is 41.1 Å². The molecule has 19 heavy (non-hydrogen) atoms. The smallest absolute Gasteiger partial charge is 0.0991 e. The summed E-state index contributed by atoms with van der Waals surface area (Å²) < 4.78 is 12.5. The van der Waals surface area contributed by atoms with E-state index < -0.39 is 0 Å². The van der Waals surface area contributed by atoms with Crippen molar-refractivity contribution in [2.75, 3.05) is 13.2 Å². The van der Waals surface area contributed by atoms with Gasteiger partial charge in [-0.15, -0.1) is 0 Å². The van der Waals surface area contributed by atoms with E-state index in [1.165, 1.54) is 0 Å². The Morgan fingerprint density at radius 2 is 1.95 bits per heavy atom. The van der Waals surface area contributed by atoms with Crippen LogP contribution in [-0.4, -0.2) is 25.4 Å². The lowest BCUT2D eigenvalue weighted by molar-refractivity contribution is -0.0576. The van der Waals surface area contributed by atoms with Gasteiger partial charge < -0.3 is 15.2 Å². The van der Waals surface area contributed by atoms with Gasteiger partial charge in [-0.25, -0.2) is 0 Å². The minimum absolute atomic E-state index is 0.0228. The van der Waals surface area contributed by atoms with Gasteiger partial charge in [0.05, 0.1) is 18.8 Å². The molecule has 2 N–H and O–H groups in total. The van der Waals surface area contributed by atoms with E-state index in [1.807, 2.05) is 32.0 Å². The Balaban J connectivity index is 2.81. The molecule has 1 aromatic carbocycles. The second-order valence-electron chi connectivity index (χ2n) is 4.62. The summed E-state index contributed by atoms with van der Waals surface area (Å²) in [5, 5.41) is 0. The van der Waals surface area contributed by atoms with Gasteiger partial charge in [0.2, 0.25) is 0 Å². The predicted octanol–water partition coefficient (Wildman–Crippen LogP) is 3.67. The van der Waals surface area contributed by atoms with Crippen LogP contribution in [0.1, 0.15) is 38.9 Å². The van der Waals surface area contributed by atoms with E-state index in [9.17, 15) is 0 Å². The highest BCUT2D eigenvalue weighted by Crippen LogP contribution is 2.29. The monoisotopic (exact) mass is 329 g/mol. The second kappa shape index (κ2) is 8.69. The van der Waals surface area contributed by atoms with Crippen LogP contribution in [0.4, 0.5) is 0 Å². The van der Waals surface area contributed by atoms with E-state index >= 15 is 0 Å². The molecule has 0 saturated heterocycles. The largest absolute Gasteiger partial charge is 0.379 e. The van der Waals surface area contributed by atoms with Crippen LogP contribution < -0.4 is 5.73 Å². The quantitative estimate of drug-likeness (QED) is 0.791. The fourth-order valence-electron chi connectivity index (χ4n) is 1.90. The Morgan fingerprint density at radius 3 is 2.53 bits per heavy atom. The third kappa shape index (κ3) is 5.22. The molecule has 0 fully saturated rings. The standard InChI is InChI=1S/C15H24BrNO2/c1-4-14(17)15(19-11(3)10-18-5-2)12-8-6-7-9-13(12)16/h6-9,11,14-15H,4-5,10,17H2,1-3H3. The first-order valence-electron chi connectivity index (χ1n) is 6.83. The molecule has 0 radical (unpaired) electrons. The zero-order valence-corrected chi connectivity index (χ0v) is 13.5. The molecule has 108 valence electrons. The van der Waals surface area contributed by atoms with Crippen LogP contribution in [0.25, 0.3) is 0 Å². The molecule has 3 nitrogen and oxygen atoms in total. The van der Waals surface area contributed by atoms with Crippen molar-refractivity contribution < 1.29 is 9.47 Å². The molecule has 0 amide bonds. The van der Waals surface area contributed by atoms with E-state index in [-0.39, 0.29) is 18.2 Å². The minimum Gasteiger partial charge on any atom is -0.379 e. The van der Waals surface area contributed by atoms with Crippen LogP contribution >= 0.6 is 15.9 Å². The number of hydrogen-bond acceptors (Lipinski definition) is 3. The maximum absolute atomic E-state index is 6.21. The Morgan fingerprint density at radius 1 is 1.26 bits per heavy atom. The third-order valence-corrected chi connectivity index (χ3v) is 3.73. The van der Waals surface area contributed by atoms with Gasteiger partial charge in [0.15, 0.2) is 0 Å². The second-order valence-corrected chi connectivity index (χ2v) is 5.47. The van der Waals surface area contributed by atoms with Gasteiger partial charge >= 0.3 is 0 Å². The molecule has 0 aliphatic rings. The van der Waals surface area contributed by atoms with E-state index in [2.05, 4.69) is 28.9 Å².